The molecule has 0 aliphatic carbocycles. The number of aliphatic hydroxyl groups is 1. The summed E-state index contributed by atoms with van der Waals surface area (Å²) in [5, 5.41) is 21.0. The molecule has 23 heavy (non-hydrogen) atoms. The summed E-state index contributed by atoms with van der Waals surface area (Å²) in [6, 6.07) is -0.418. The molecule has 2 aliphatic rings. The number of likely N-dealkylation sites (tertiary alicyclic amines) is 1. The Hall–Kier alpha value is -1.44. The number of hydrogen-bond acceptors (Lipinski definition) is 5. The maximum atomic E-state index is 12.1. The Morgan fingerprint density at radius 2 is 1.96 bits per heavy atom. The molecule has 2 rings (SSSR count). The van der Waals surface area contributed by atoms with E-state index in [2.05, 4.69) is 10.2 Å². The van der Waals surface area contributed by atoms with Crippen LogP contribution in [0.4, 0.5) is 0 Å². The van der Waals surface area contributed by atoms with Crippen LogP contribution in [-0.2, 0) is 14.3 Å². The van der Waals surface area contributed by atoms with Gasteiger partial charge in [0.1, 0.15) is 6.10 Å². The maximum Gasteiger partial charge on any atom is 0.306 e. The summed E-state index contributed by atoms with van der Waals surface area (Å²) in [6.07, 6.45) is 6.10. The number of nitrogens with one attached hydrogen (secondary N) is 1. The van der Waals surface area contributed by atoms with Crippen LogP contribution in [0.2, 0.25) is 0 Å². The largest absolute Gasteiger partial charge is 0.481 e. The summed E-state index contributed by atoms with van der Waals surface area (Å²) < 4.78 is 5.51. The summed E-state index contributed by atoms with van der Waals surface area (Å²) in [6.45, 7) is 2.58. The molecule has 0 bridgehead atoms. The number of aliphatic hydroxyl groups excluding tert-OH is 1. The van der Waals surface area contributed by atoms with Crippen LogP contribution in [0, 0.1) is 0 Å². The van der Waals surface area contributed by atoms with Gasteiger partial charge in [-0.1, -0.05) is 18.6 Å². The van der Waals surface area contributed by atoms with Gasteiger partial charge in [0.2, 0.25) is 5.91 Å². The minimum absolute atomic E-state index is 0.0797. The Bertz CT molecular complexity index is 434. The Morgan fingerprint density at radius 3 is 2.61 bits per heavy atom. The predicted molar refractivity (Wildman–Crippen MR) is 84.0 cm³/mol. The third-order valence-corrected chi connectivity index (χ3v) is 4.27. The first-order chi connectivity index (χ1) is 11.1. The molecule has 0 saturated carbocycles. The van der Waals surface area contributed by atoms with Crippen molar-refractivity contribution in [1.82, 2.24) is 10.2 Å². The standard InChI is InChI=1S/C16H26N2O5/c19-11-14-13(5-4-12(23-14)10-16(21)22)17-15(20)6-9-18-7-2-1-3-8-18/h4-5,12-14,19H,1-3,6-11H2,(H,17,20)(H,21,22)/t12-,13-,14+/m1/s1. The molecule has 1 saturated heterocycles. The van der Waals surface area contributed by atoms with E-state index in [9.17, 15) is 14.7 Å². The average molecular weight is 326 g/mol. The van der Waals surface area contributed by atoms with Crippen molar-refractivity contribution in [2.75, 3.05) is 26.2 Å². The average Bonchev–Trinajstić information content (AvgIpc) is 2.55. The van der Waals surface area contributed by atoms with Crippen molar-refractivity contribution in [3.8, 4) is 0 Å². The van der Waals surface area contributed by atoms with Crippen molar-refractivity contribution < 1.29 is 24.5 Å². The molecule has 3 N–H and O–H groups in total. The molecule has 2 aliphatic heterocycles. The van der Waals surface area contributed by atoms with Gasteiger partial charge in [-0.3, -0.25) is 9.59 Å². The molecule has 0 spiro atoms. The van der Waals surface area contributed by atoms with E-state index in [-0.39, 0.29) is 18.9 Å². The number of aliphatic carboxylic acids is 1. The van der Waals surface area contributed by atoms with Gasteiger partial charge < -0.3 is 25.2 Å². The highest BCUT2D eigenvalue weighted by Crippen LogP contribution is 2.16. The molecule has 7 nitrogen and oxygen atoms in total. The molecule has 0 aromatic carbocycles. The lowest BCUT2D eigenvalue weighted by atomic mass is 10.0. The molecular formula is C16H26N2O5. The second-order valence-corrected chi connectivity index (χ2v) is 6.12. The van der Waals surface area contributed by atoms with Crippen molar-refractivity contribution in [2.45, 2.75) is 50.4 Å². The number of rotatable bonds is 7. The van der Waals surface area contributed by atoms with Crippen molar-refractivity contribution in [3.05, 3.63) is 12.2 Å². The molecule has 0 aromatic heterocycles. The van der Waals surface area contributed by atoms with Crippen LogP contribution in [0.3, 0.4) is 0 Å². The van der Waals surface area contributed by atoms with Crippen LogP contribution >= 0.6 is 0 Å². The number of carboxylic acids is 1. The minimum atomic E-state index is -0.958. The molecular weight excluding hydrogens is 300 g/mol. The van der Waals surface area contributed by atoms with Gasteiger partial charge in [0, 0.05) is 13.0 Å². The van der Waals surface area contributed by atoms with E-state index in [0.717, 1.165) is 19.6 Å². The molecule has 0 aromatic rings. The van der Waals surface area contributed by atoms with Gasteiger partial charge in [-0.25, -0.2) is 0 Å². The minimum Gasteiger partial charge on any atom is -0.481 e. The Kier molecular flexibility index (Phi) is 7.01. The molecule has 0 unspecified atom stereocenters. The summed E-state index contributed by atoms with van der Waals surface area (Å²) in [5.41, 5.74) is 0. The van der Waals surface area contributed by atoms with Crippen LogP contribution in [0.15, 0.2) is 12.2 Å². The van der Waals surface area contributed by atoms with Crippen LogP contribution in [0.5, 0.6) is 0 Å². The quantitative estimate of drug-likeness (QED) is 0.576. The topological polar surface area (TPSA) is 99.1 Å². The number of carbonyl (C=O) groups excluding carboxylic acids is 1. The number of piperidine rings is 1. The zero-order chi connectivity index (χ0) is 16.7. The normalized spacial score (nSPS) is 28.5. The van der Waals surface area contributed by atoms with Crippen LogP contribution in [-0.4, -0.2) is 71.5 Å². The van der Waals surface area contributed by atoms with E-state index >= 15 is 0 Å². The molecule has 0 radical (unpaired) electrons. The third-order valence-electron chi connectivity index (χ3n) is 4.27. The molecule has 1 fully saturated rings. The second kappa shape index (κ2) is 9.00. The Labute approximate surface area is 136 Å². The summed E-state index contributed by atoms with van der Waals surface area (Å²) in [5.74, 6) is -1.04. The monoisotopic (exact) mass is 326 g/mol. The van der Waals surface area contributed by atoms with Gasteiger partial charge in [0.05, 0.1) is 25.2 Å². The lowest BCUT2D eigenvalue weighted by molar-refractivity contribution is -0.142. The predicted octanol–water partition coefficient (Wildman–Crippen LogP) is 0.138. The van der Waals surface area contributed by atoms with Gasteiger partial charge in [-0.15, -0.1) is 0 Å². The first kappa shape index (κ1) is 17.9. The lowest BCUT2D eigenvalue weighted by Gasteiger charge is -2.31. The van der Waals surface area contributed by atoms with Crippen molar-refractivity contribution in [1.29, 1.82) is 0 Å². The highest BCUT2D eigenvalue weighted by atomic mass is 16.5. The molecule has 7 heteroatoms. The fourth-order valence-electron chi connectivity index (χ4n) is 3.01. The van der Waals surface area contributed by atoms with Gasteiger partial charge in [0.25, 0.3) is 0 Å². The van der Waals surface area contributed by atoms with E-state index < -0.39 is 24.2 Å². The zero-order valence-corrected chi connectivity index (χ0v) is 13.3. The SMILES string of the molecule is O=C(O)C[C@H]1C=C[C@@H](NC(=O)CCN2CCCCC2)[C@H](CO)O1. The van der Waals surface area contributed by atoms with Crippen molar-refractivity contribution in [2.24, 2.45) is 0 Å². The second-order valence-electron chi connectivity index (χ2n) is 6.12. The summed E-state index contributed by atoms with van der Waals surface area (Å²) in [4.78, 5) is 25.1. The van der Waals surface area contributed by atoms with Crippen molar-refractivity contribution in [3.63, 3.8) is 0 Å². The summed E-state index contributed by atoms with van der Waals surface area (Å²) >= 11 is 0. The van der Waals surface area contributed by atoms with Gasteiger partial charge in [-0.05, 0) is 25.9 Å². The van der Waals surface area contributed by atoms with Gasteiger partial charge >= 0.3 is 5.97 Å². The lowest BCUT2D eigenvalue weighted by Crippen LogP contribution is -2.49. The van der Waals surface area contributed by atoms with E-state index in [4.69, 9.17) is 9.84 Å². The number of carbonyl (C=O) groups is 2. The molecule has 3 atom stereocenters. The van der Waals surface area contributed by atoms with E-state index in [1.807, 2.05) is 0 Å². The smallest absolute Gasteiger partial charge is 0.306 e. The van der Waals surface area contributed by atoms with E-state index in [1.165, 1.54) is 19.3 Å². The van der Waals surface area contributed by atoms with Crippen LogP contribution in [0.1, 0.15) is 32.1 Å². The number of carboxylic acid groups (broad SMARTS) is 1. The number of amides is 1. The first-order valence-electron chi connectivity index (χ1n) is 8.26. The number of nitrogens with zero attached hydrogens (tertiary/aromatic N) is 1. The van der Waals surface area contributed by atoms with Crippen molar-refractivity contribution >= 4 is 11.9 Å². The fraction of sp³-hybridized carbons (Fsp3) is 0.750. The van der Waals surface area contributed by atoms with Gasteiger partial charge in [0.15, 0.2) is 0 Å². The molecule has 130 valence electrons. The highest BCUT2D eigenvalue weighted by molar-refractivity contribution is 5.76. The van der Waals surface area contributed by atoms with Crippen LogP contribution in [0.25, 0.3) is 0 Å². The van der Waals surface area contributed by atoms with Crippen LogP contribution < -0.4 is 5.32 Å². The Balaban J connectivity index is 1.78. The first-order valence-corrected chi connectivity index (χ1v) is 8.26. The zero-order valence-electron chi connectivity index (χ0n) is 13.3. The third kappa shape index (κ3) is 5.93. The van der Waals surface area contributed by atoms with Gasteiger partial charge in [-0.2, -0.15) is 0 Å². The number of hydrogen-bond donors (Lipinski definition) is 3. The maximum absolute atomic E-state index is 12.1. The molecule has 1 amide bonds. The summed E-state index contributed by atoms with van der Waals surface area (Å²) in [7, 11) is 0. The molecule has 2 heterocycles. The number of ether oxygens (including phenoxy) is 1. The Morgan fingerprint density at radius 1 is 1.22 bits per heavy atom. The highest BCUT2D eigenvalue weighted by Gasteiger charge is 2.29. The fourth-order valence-corrected chi connectivity index (χ4v) is 3.01. The van der Waals surface area contributed by atoms with E-state index in [1.54, 1.807) is 12.2 Å². The van der Waals surface area contributed by atoms with E-state index in [0.29, 0.717) is 6.42 Å².